The second-order valence-electron chi connectivity index (χ2n) is 11.3. The third kappa shape index (κ3) is 3.88. The van der Waals surface area contributed by atoms with Gasteiger partial charge in [0.25, 0.3) is 11.8 Å². The highest BCUT2D eigenvalue weighted by Gasteiger charge is 2.58. The molecule has 3 fully saturated rings. The largest absolute Gasteiger partial charge is 0.497 e. The van der Waals surface area contributed by atoms with Crippen molar-refractivity contribution in [1.29, 1.82) is 0 Å². The molecule has 7 heteroatoms. The van der Waals surface area contributed by atoms with Crippen LogP contribution >= 0.6 is 0 Å². The van der Waals surface area contributed by atoms with E-state index in [9.17, 15) is 14.7 Å². The van der Waals surface area contributed by atoms with Crippen molar-refractivity contribution < 1.29 is 19.4 Å². The van der Waals surface area contributed by atoms with E-state index in [1.807, 2.05) is 17.0 Å². The molecule has 2 saturated carbocycles. The zero-order valence-electron chi connectivity index (χ0n) is 21.5. The predicted molar refractivity (Wildman–Crippen MR) is 145 cm³/mol. The number of nitrogens with zero attached hydrogens (tertiary/aromatic N) is 3. The molecule has 0 radical (unpaired) electrons. The number of amides is 2. The molecule has 0 aromatic heterocycles. The van der Waals surface area contributed by atoms with Crippen LogP contribution in [-0.4, -0.2) is 70.4 Å². The Balaban J connectivity index is 1.11. The van der Waals surface area contributed by atoms with E-state index in [0.29, 0.717) is 32.5 Å². The van der Waals surface area contributed by atoms with Gasteiger partial charge in [-0.05, 0) is 78.1 Å². The number of hydrogen-bond donors (Lipinski definition) is 1. The smallest absolute Gasteiger partial charge is 0.256 e. The van der Waals surface area contributed by atoms with Gasteiger partial charge in [-0.2, -0.15) is 0 Å². The van der Waals surface area contributed by atoms with Crippen LogP contribution in [0.3, 0.4) is 0 Å². The van der Waals surface area contributed by atoms with E-state index < -0.39 is 11.1 Å². The van der Waals surface area contributed by atoms with E-state index in [4.69, 9.17) is 9.73 Å². The zero-order valence-corrected chi connectivity index (χ0v) is 21.5. The summed E-state index contributed by atoms with van der Waals surface area (Å²) < 4.78 is 5.34. The number of likely N-dealkylation sites (tertiary alicyclic amines) is 1. The SMILES string of the molecule is COc1ccc2cc(-c3ccc(C4=NC5(CC5)C(=O)N4CC4CCN(C(=O)C5(O)CC5)C4)cc3)ccc2c1. The Hall–Kier alpha value is -3.71. The molecule has 7 rings (SSSR count). The quantitative estimate of drug-likeness (QED) is 0.544. The molecule has 1 spiro atoms. The number of carbonyl (C=O) groups is 2. The highest BCUT2D eigenvalue weighted by Crippen LogP contribution is 2.46. The standard InChI is InChI=1S/C31H31N3O4/c1-38-26-9-8-24-16-23(6-7-25(24)17-26)21-2-4-22(5-3-21)27-32-30(11-12-30)28(35)34(27)19-20-10-15-33(18-20)29(36)31(37)13-14-31/h2-9,16-17,20,37H,10-15,18-19H2,1H3. The molecule has 38 heavy (non-hydrogen) atoms. The number of fused-ring (bicyclic) bond motifs is 1. The number of amidine groups is 1. The first-order valence-electron chi connectivity index (χ1n) is 13.5. The van der Waals surface area contributed by atoms with Crippen molar-refractivity contribution in [3.63, 3.8) is 0 Å². The van der Waals surface area contributed by atoms with Gasteiger partial charge in [0.2, 0.25) is 0 Å². The second kappa shape index (κ2) is 8.40. The van der Waals surface area contributed by atoms with Gasteiger partial charge in [0.05, 0.1) is 7.11 Å². The van der Waals surface area contributed by atoms with E-state index in [0.717, 1.165) is 58.3 Å². The van der Waals surface area contributed by atoms with E-state index in [-0.39, 0.29) is 17.7 Å². The third-order valence-corrected chi connectivity index (χ3v) is 8.60. The molecular weight excluding hydrogens is 478 g/mol. The van der Waals surface area contributed by atoms with Gasteiger partial charge in [0.15, 0.2) is 0 Å². The Bertz CT molecular complexity index is 1490. The van der Waals surface area contributed by atoms with Crippen LogP contribution in [0.1, 0.15) is 37.7 Å². The van der Waals surface area contributed by atoms with Gasteiger partial charge in [0.1, 0.15) is 22.7 Å². The third-order valence-electron chi connectivity index (χ3n) is 8.60. The molecule has 1 N–H and O–H groups in total. The van der Waals surface area contributed by atoms with Gasteiger partial charge in [-0.15, -0.1) is 0 Å². The summed E-state index contributed by atoms with van der Waals surface area (Å²) in [4.78, 5) is 34.5. The van der Waals surface area contributed by atoms with E-state index in [1.165, 1.54) is 0 Å². The second-order valence-corrected chi connectivity index (χ2v) is 11.3. The number of rotatable bonds is 6. The van der Waals surface area contributed by atoms with Gasteiger partial charge >= 0.3 is 0 Å². The number of aliphatic imine (C=N–C) groups is 1. The normalized spacial score (nSPS) is 22.7. The van der Waals surface area contributed by atoms with Gasteiger partial charge in [-0.3, -0.25) is 19.5 Å². The summed E-state index contributed by atoms with van der Waals surface area (Å²) in [6.07, 6.45) is 3.54. The molecule has 4 aliphatic rings. The molecule has 7 nitrogen and oxygen atoms in total. The highest BCUT2D eigenvalue weighted by molar-refractivity contribution is 6.16. The van der Waals surface area contributed by atoms with Crippen molar-refractivity contribution in [3.05, 3.63) is 66.2 Å². The lowest BCUT2D eigenvalue weighted by Crippen LogP contribution is -2.42. The maximum Gasteiger partial charge on any atom is 0.256 e. The Morgan fingerprint density at radius 2 is 1.66 bits per heavy atom. The number of aliphatic hydroxyl groups is 1. The maximum atomic E-state index is 13.4. The van der Waals surface area contributed by atoms with E-state index >= 15 is 0 Å². The number of hydrogen-bond acceptors (Lipinski definition) is 5. The van der Waals surface area contributed by atoms with Crippen molar-refractivity contribution in [2.24, 2.45) is 10.9 Å². The zero-order chi connectivity index (χ0) is 26.1. The topological polar surface area (TPSA) is 82.4 Å². The van der Waals surface area contributed by atoms with Crippen LogP contribution < -0.4 is 4.74 Å². The Kier molecular flexibility index (Phi) is 5.17. The molecule has 2 amide bonds. The molecule has 1 saturated heterocycles. The van der Waals surface area contributed by atoms with Crippen molar-refractivity contribution in [2.75, 3.05) is 26.7 Å². The Labute approximate surface area is 221 Å². The molecule has 194 valence electrons. The molecule has 1 unspecified atom stereocenters. The summed E-state index contributed by atoms with van der Waals surface area (Å²) in [5.74, 6) is 1.71. The first kappa shape index (κ1) is 23.4. The van der Waals surface area contributed by atoms with Crippen LogP contribution in [0, 0.1) is 5.92 Å². The molecule has 2 aliphatic carbocycles. The summed E-state index contributed by atoms with van der Waals surface area (Å²) >= 11 is 0. The van der Waals surface area contributed by atoms with Crippen LogP contribution in [-0.2, 0) is 9.59 Å². The van der Waals surface area contributed by atoms with Crippen LogP contribution in [0.5, 0.6) is 5.75 Å². The highest BCUT2D eigenvalue weighted by atomic mass is 16.5. The predicted octanol–water partition coefficient (Wildman–Crippen LogP) is 4.01. The molecular formula is C31H31N3O4. The minimum absolute atomic E-state index is 0.0899. The first-order chi connectivity index (χ1) is 18.4. The van der Waals surface area contributed by atoms with Gasteiger partial charge < -0.3 is 14.7 Å². The Morgan fingerprint density at radius 3 is 2.37 bits per heavy atom. The van der Waals surface area contributed by atoms with Gasteiger partial charge in [-0.1, -0.05) is 42.5 Å². The fraction of sp³-hybridized carbons (Fsp3) is 0.387. The average Bonchev–Trinajstić information content (AvgIpc) is 3.83. The van der Waals surface area contributed by atoms with Crippen molar-refractivity contribution >= 4 is 28.4 Å². The van der Waals surface area contributed by atoms with Crippen LogP contribution in [0.25, 0.3) is 21.9 Å². The summed E-state index contributed by atoms with van der Waals surface area (Å²) in [7, 11) is 1.68. The number of carbonyl (C=O) groups excluding carboxylic acids is 2. The average molecular weight is 510 g/mol. The van der Waals surface area contributed by atoms with E-state index in [1.54, 1.807) is 12.0 Å². The van der Waals surface area contributed by atoms with Crippen molar-refractivity contribution in [2.45, 2.75) is 43.2 Å². The molecule has 3 aromatic carbocycles. The monoisotopic (exact) mass is 509 g/mol. The minimum atomic E-state index is -1.14. The first-order valence-corrected chi connectivity index (χ1v) is 13.5. The van der Waals surface area contributed by atoms with Gasteiger partial charge in [0, 0.05) is 25.2 Å². The molecule has 2 aliphatic heterocycles. The summed E-state index contributed by atoms with van der Waals surface area (Å²) in [6, 6.07) is 20.8. The van der Waals surface area contributed by atoms with Gasteiger partial charge in [-0.25, -0.2) is 0 Å². The maximum absolute atomic E-state index is 13.4. The lowest BCUT2D eigenvalue weighted by Gasteiger charge is -2.24. The van der Waals surface area contributed by atoms with E-state index in [2.05, 4.69) is 48.5 Å². The molecule has 2 heterocycles. The number of ether oxygens (including phenoxy) is 1. The fourth-order valence-corrected chi connectivity index (χ4v) is 5.89. The van der Waals surface area contributed by atoms with Crippen LogP contribution in [0.2, 0.25) is 0 Å². The molecule has 0 bridgehead atoms. The minimum Gasteiger partial charge on any atom is -0.497 e. The Morgan fingerprint density at radius 1 is 0.974 bits per heavy atom. The molecule has 1 atom stereocenters. The summed E-state index contributed by atoms with van der Waals surface area (Å²) in [5.41, 5.74) is 1.46. The lowest BCUT2D eigenvalue weighted by molar-refractivity contribution is -0.141. The van der Waals surface area contributed by atoms with Crippen LogP contribution in [0.4, 0.5) is 0 Å². The van der Waals surface area contributed by atoms with Crippen molar-refractivity contribution in [3.8, 4) is 16.9 Å². The summed E-state index contributed by atoms with van der Waals surface area (Å²) in [6.45, 7) is 1.77. The van der Waals surface area contributed by atoms with Crippen LogP contribution in [0.15, 0.2) is 65.7 Å². The van der Waals surface area contributed by atoms with Crippen molar-refractivity contribution in [1.82, 2.24) is 9.80 Å². The molecule has 3 aromatic rings. The number of methoxy groups -OCH3 is 1. The summed E-state index contributed by atoms with van der Waals surface area (Å²) in [5, 5.41) is 12.5. The number of benzene rings is 3. The fourth-order valence-electron chi connectivity index (χ4n) is 5.89. The lowest BCUT2D eigenvalue weighted by atomic mass is 9.99.